The Kier molecular flexibility index (Phi) is 5.95. The lowest BCUT2D eigenvalue weighted by atomic mass is 10.1. The summed E-state index contributed by atoms with van der Waals surface area (Å²) in [5.41, 5.74) is 1.67. The van der Waals surface area contributed by atoms with E-state index in [0.717, 1.165) is 31.6 Å². The van der Waals surface area contributed by atoms with Gasteiger partial charge in [0.1, 0.15) is 12.4 Å². The second-order valence-electron chi connectivity index (χ2n) is 6.41. The van der Waals surface area contributed by atoms with E-state index in [-0.39, 0.29) is 5.91 Å². The van der Waals surface area contributed by atoms with Crippen molar-refractivity contribution in [1.29, 1.82) is 0 Å². The number of rotatable bonds is 6. The molecule has 0 radical (unpaired) electrons. The summed E-state index contributed by atoms with van der Waals surface area (Å²) in [6.07, 6.45) is 1.05. The van der Waals surface area contributed by atoms with Crippen LogP contribution < -0.4 is 10.1 Å². The molecular weight excluding hydrogens is 336 g/mol. The summed E-state index contributed by atoms with van der Waals surface area (Å²) in [7, 11) is 1.95. The van der Waals surface area contributed by atoms with E-state index in [0.29, 0.717) is 28.9 Å². The fraction of sp³-hybridized carbons (Fsp3) is 0.350. The van der Waals surface area contributed by atoms with Crippen molar-refractivity contribution in [3.63, 3.8) is 0 Å². The molecule has 1 aliphatic rings. The Bertz CT molecular complexity index is 735. The SMILES string of the molecule is CNCC1CCN(C(=O)c2cccc(OCc3cccc(Cl)c3)c2)C1. The maximum Gasteiger partial charge on any atom is 0.253 e. The fourth-order valence-corrected chi connectivity index (χ4v) is 3.38. The van der Waals surface area contributed by atoms with Gasteiger partial charge in [-0.15, -0.1) is 0 Å². The average molecular weight is 359 g/mol. The van der Waals surface area contributed by atoms with Gasteiger partial charge >= 0.3 is 0 Å². The van der Waals surface area contributed by atoms with Crippen LogP contribution in [0, 0.1) is 5.92 Å². The van der Waals surface area contributed by atoms with E-state index in [1.54, 1.807) is 0 Å². The molecule has 1 atom stereocenters. The van der Waals surface area contributed by atoms with Gasteiger partial charge in [0.05, 0.1) is 0 Å². The van der Waals surface area contributed by atoms with E-state index in [1.165, 1.54) is 0 Å². The van der Waals surface area contributed by atoms with Crippen LogP contribution in [0.1, 0.15) is 22.3 Å². The molecule has 1 unspecified atom stereocenters. The smallest absolute Gasteiger partial charge is 0.253 e. The van der Waals surface area contributed by atoms with Crippen LogP contribution in [-0.4, -0.2) is 37.5 Å². The lowest BCUT2D eigenvalue weighted by Crippen LogP contribution is -2.30. The van der Waals surface area contributed by atoms with Gasteiger partial charge in [-0.3, -0.25) is 4.79 Å². The van der Waals surface area contributed by atoms with Crippen molar-refractivity contribution in [3.05, 3.63) is 64.7 Å². The molecule has 1 aliphatic heterocycles. The van der Waals surface area contributed by atoms with E-state index in [9.17, 15) is 4.79 Å². The summed E-state index contributed by atoms with van der Waals surface area (Å²) in [4.78, 5) is 14.6. The predicted molar refractivity (Wildman–Crippen MR) is 100 cm³/mol. The maximum atomic E-state index is 12.7. The van der Waals surface area contributed by atoms with Crippen molar-refractivity contribution in [2.75, 3.05) is 26.7 Å². The first-order valence-electron chi connectivity index (χ1n) is 8.57. The molecule has 0 aliphatic carbocycles. The van der Waals surface area contributed by atoms with Crippen LogP contribution in [0.2, 0.25) is 5.02 Å². The molecule has 3 rings (SSSR count). The first-order chi connectivity index (χ1) is 12.2. The molecule has 2 aromatic rings. The third kappa shape index (κ3) is 4.74. The summed E-state index contributed by atoms with van der Waals surface area (Å²) in [5.74, 6) is 1.31. The average Bonchev–Trinajstić information content (AvgIpc) is 3.09. The Morgan fingerprint density at radius 2 is 2.12 bits per heavy atom. The largest absolute Gasteiger partial charge is 0.489 e. The Morgan fingerprint density at radius 3 is 2.92 bits per heavy atom. The van der Waals surface area contributed by atoms with Crippen LogP contribution in [0.15, 0.2) is 48.5 Å². The zero-order valence-corrected chi connectivity index (χ0v) is 15.1. The lowest BCUT2D eigenvalue weighted by Gasteiger charge is -2.17. The van der Waals surface area contributed by atoms with Gasteiger partial charge < -0.3 is 15.0 Å². The number of halogens is 1. The molecule has 2 aromatic carbocycles. The molecular formula is C20H23ClN2O2. The van der Waals surface area contributed by atoms with Crippen LogP contribution in [0.25, 0.3) is 0 Å². The summed E-state index contributed by atoms with van der Waals surface area (Å²) < 4.78 is 5.82. The van der Waals surface area contributed by atoms with E-state index < -0.39 is 0 Å². The van der Waals surface area contributed by atoms with Crippen molar-refractivity contribution in [3.8, 4) is 5.75 Å². The molecule has 0 saturated carbocycles. The van der Waals surface area contributed by atoms with Gasteiger partial charge in [-0.05, 0) is 61.8 Å². The molecule has 5 heteroatoms. The van der Waals surface area contributed by atoms with Crippen LogP contribution in [0.5, 0.6) is 5.75 Å². The number of carbonyl (C=O) groups excluding carboxylic acids is 1. The van der Waals surface area contributed by atoms with Crippen LogP contribution in [0.3, 0.4) is 0 Å². The topological polar surface area (TPSA) is 41.6 Å². The van der Waals surface area contributed by atoms with E-state index in [2.05, 4.69) is 5.32 Å². The molecule has 1 amide bonds. The van der Waals surface area contributed by atoms with Gasteiger partial charge in [-0.25, -0.2) is 0 Å². The minimum Gasteiger partial charge on any atom is -0.489 e. The fourth-order valence-electron chi connectivity index (χ4n) is 3.17. The highest BCUT2D eigenvalue weighted by molar-refractivity contribution is 6.30. The van der Waals surface area contributed by atoms with Crippen molar-refractivity contribution in [2.45, 2.75) is 13.0 Å². The van der Waals surface area contributed by atoms with Crippen molar-refractivity contribution >= 4 is 17.5 Å². The Hall–Kier alpha value is -2.04. The number of hydrogen-bond acceptors (Lipinski definition) is 3. The quantitative estimate of drug-likeness (QED) is 0.857. The molecule has 25 heavy (non-hydrogen) atoms. The maximum absolute atomic E-state index is 12.7. The van der Waals surface area contributed by atoms with Crippen LogP contribution in [0.4, 0.5) is 0 Å². The first kappa shape index (κ1) is 17.8. The summed E-state index contributed by atoms with van der Waals surface area (Å²) in [6, 6.07) is 15.0. The summed E-state index contributed by atoms with van der Waals surface area (Å²) in [6.45, 7) is 3.00. The predicted octanol–water partition coefficient (Wildman–Crippen LogP) is 3.60. The number of ether oxygens (including phenoxy) is 1. The molecule has 1 N–H and O–H groups in total. The number of benzene rings is 2. The molecule has 1 saturated heterocycles. The summed E-state index contributed by atoms with van der Waals surface area (Å²) >= 11 is 5.99. The lowest BCUT2D eigenvalue weighted by molar-refractivity contribution is 0.0786. The highest BCUT2D eigenvalue weighted by Gasteiger charge is 2.26. The minimum absolute atomic E-state index is 0.0757. The normalized spacial score (nSPS) is 16.9. The van der Waals surface area contributed by atoms with Gasteiger partial charge in [0.25, 0.3) is 5.91 Å². The van der Waals surface area contributed by atoms with Gasteiger partial charge in [0.2, 0.25) is 0 Å². The second kappa shape index (κ2) is 8.37. The molecule has 0 aromatic heterocycles. The van der Waals surface area contributed by atoms with Crippen molar-refractivity contribution in [1.82, 2.24) is 10.2 Å². The first-order valence-corrected chi connectivity index (χ1v) is 8.94. The standard InChI is InChI=1S/C20H23ClN2O2/c1-22-12-16-8-9-23(13-16)20(24)17-5-3-7-19(11-17)25-14-15-4-2-6-18(21)10-15/h2-7,10-11,16,22H,8-9,12-14H2,1H3. The Balaban J connectivity index is 1.62. The number of nitrogens with zero attached hydrogens (tertiary/aromatic N) is 1. The van der Waals surface area contributed by atoms with Gasteiger partial charge in [-0.2, -0.15) is 0 Å². The molecule has 1 fully saturated rings. The number of amides is 1. The van der Waals surface area contributed by atoms with Crippen LogP contribution >= 0.6 is 11.6 Å². The van der Waals surface area contributed by atoms with E-state index >= 15 is 0 Å². The van der Waals surface area contributed by atoms with E-state index in [4.69, 9.17) is 16.3 Å². The molecule has 0 spiro atoms. The van der Waals surface area contributed by atoms with Gasteiger partial charge in [0, 0.05) is 23.7 Å². The number of nitrogens with one attached hydrogen (secondary N) is 1. The molecule has 4 nitrogen and oxygen atoms in total. The molecule has 1 heterocycles. The number of hydrogen-bond donors (Lipinski definition) is 1. The molecule has 0 bridgehead atoms. The highest BCUT2D eigenvalue weighted by Crippen LogP contribution is 2.21. The minimum atomic E-state index is 0.0757. The van der Waals surface area contributed by atoms with Crippen molar-refractivity contribution in [2.24, 2.45) is 5.92 Å². The zero-order valence-electron chi connectivity index (χ0n) is 14.4. The van der Waals surface area contributed by atoms with E-state index in [1.807, 2.05) is 60.5 Å². The van der Waals surface area contributed by atoms with Gasteiger partial charge in [0.15, 0.2) is 0 Å². The third-order valence-corrected chi connectivity index (χ3v) is 4.68. The highest BCUT2D eigenvalue weighted by atomic mass is 35.5. The molecule has 132 valence electrons. The third-order valence-electron chi connectivity index (χ3n) is 4.44. The monoisotopic (exact) mass is 358 g/mol. The number of carbonyl (C=O) groups is 1. The number of likely N-dealkylation sites (tertiary alicyclic amines) is 1. The Labute approximate surface area is 153 Å². The van der Waals surface area contributed by atoms with Crippen molar-refractivity contribution < 1.29 is 9.53 Å². The Morgan fingerprint density at radius 1 is 1.28 bits per heavy atom. The second-order valence-corrected chi connectivity index (χ2v) is 6.85. The van der Waals surface area contributed by atoms with Gasteiger partial charge in [-0.1, -0.05) is 29.8 Å². The van der Waals surface area contributed by atoms with Crippen LogP contribution in [-0.2, 0) is 6.61 Å². The summed E-state index contributed by atoms with van der Waals surface area (Å²) in [5, 5.41) is 3.88. The zero-order chi connectivity index (χ0) is 17.6.